The zero-order chi connectivity index (χ0) is 10.8. The van der Waals surface area contributed by atoms with Crippen molar-refractivity contribution in [3.63, 3.8) is 0 Å². The van der Waals surface area contributed by atoms with Gasteiger partial charge in [-0.25, -0.2) is 0 Å². The molecular formula is C12H25NO. The summed E-state index contributed by atoms with van der Waals surface area (Å²) >= 11 is 0. The minimum absolute atomic E-state index is 0.533. The average Bonchev–Trinajstić information content (AvgIpc) is 2.22. The fourth-order valence-electron chi connectivity index (χ4n) is 1.33. The zero-order valence-electron chi connectivity index (χ0n) is 9.72. The molecule has 0 rings (SSSR count). The molecule has 0 fully saturated rings. The summed E-state index contributed by atoms with van der Waals surface area (Å²) in [4.78, 5) is 0. The van der Waals surface area contributed by atoms with Crippen LogP contribution in [0.4, 0.5) is 0 Å². The van der Waals surface area contributed by atoms with Gasteiger partial charge in [0.05, 0.1) is 6.61 Å². The molecule has 0 aliphatic rings. The summed E-state index contributed by atoms with van der Waals surface area (Å²) in [6, 6.07) is 0. The Hall–Kier alpha value is -0.340. The van der Waals surface area contributed by atoms with Crippen molar-refractivity contribution < 1.29 is 4.74 Å². The third-order valence-corrected chi connectivity index (χ3v) is 2.49. The smallest absolute Gasteiger partial charge is 0.0686 e. The van der Waals surface area contributed by atoms with Gasteiger partial charge in [-0.1, -0.05) is 39.7 Å². The van der Waals surface area contributed by atoms with E-state index in [9.17, 15) is 0 Å². The fraction of sp³-hybridized carbons (Fsp3) is 0.833. The Balaban J connectivity index is 3.46. The van der Waals surface area contributed by atoms with Crippen molar-refractivity contribution in [2.75, 3.05) is 19.8 Å². The van der Waals surface area contributed by atoms with Crippen molar-refractivity contribution in [3.05, 3.63) is 12.2 Å². The van der Waals surface area contributed by atoms with E-state index in [4.69, 9.17) is 10.5 Å². The molecule has 2 heteroatoms. The van der Waals surface area contributed by atoms with Gasteiger partial charge in [0, 0.05) is 13.2 Å². The Morgan fingerprint density at radius 1 is 1.43 bits per heavy atom. The van der Waals surface area contributed by atoms with Crippen LogP contribution in [0.2, 0.25) is 0 Å². The third kappa shape index (κ3) is 7.10. The molecule has 0 saturated carbocycles. The molecule has 0 radical (unpaired) electrons. The molecule has 2 N–H and O–H groups in total. The van der Waals surface area contributed by atoms with Gasteiger partial charge in [-0.3, -0.25) is 0 Å². The first kappa shape index (κ1) is 13.7. The Bertz CT molecular complexity index is 145. The molecule has 0 spiro atoms. The minimum atomic E-state index is 0.533. The van der Waals surface area contributed by atoms with Crippen molar-refractivity contribution >= 4 is 0 Å². The van der Waals surface area contributed by atoms with Crippen molar-refractivity contribution in [3.8, 4) is 0 Å². The highest BCUT2D eigenvalue weighted by Gasteiger charge is 2.05. The molecule has 1 atom stereocenters. The van der Waals surface area contributed by atoms with E-state index in [1.165, 1.54) is 25.7 Å². The number of hydrogen-bond donors (Lipinski definition) is 1. The number of ether oxygens (including phenoxy) is 1. The number of hydrogen-bond acceptors (Lipinski definition) is 2. The lowest BCUT2D eigenvalue weighted by atomic mass is 10.0. The normalized spacial score (nSPS) is 12.8. The molecule has 0 bridgehead atoms. The Kier molecular flexibility index (Phi) is 9.00. The predicted molar refractivity (Wildman–Crippen MR) is 62.3 cm³/mol. The molecule has 0 aromatic heterocycles. The van der Waals surface area contributed by atoms with Gasteiger partial charge in [-0.15, -0.1) is 0 Å². The summed E-state index contributed by atoms with van der Waals surface area (Å²) < 4.78 is 5.56. The van der Waals surface area contributed by atoms with Gasteiger partial charge in [-0.2, -0.15) is 0 Å². The van der Waals surface area contributed by atoms with E-state index in [1.54, 1.807) is 0 Å². The number of nitrogens with two attached hydrogens (primary N) is 1. The summed E-state index contributed by atoms with van der Waals surface area (Å²) in [5.74, 6) is 0.709. The topological polar surface area (TPSA) is 35.2 Å². The Morgan fingerprint density at radius 2 is 2.14 bits per heavy atom. The van der Waals surface area contributed by atoms with Crippen LogP contribution in [-0.4, -0.2) is 19.8 Å². The van der Waals surface area contributed by atoms with Crippen molar-refractivity contribution in [1.82, 2.24) is 0 Å². The van der Waals surface area contributed by atoms with E-state index in [0.717, 1.165) is 12.2 Å². The lowest BCUT2D eigenvalue weighted by Crippen LogP contribution is -2.13. The lowest BCUT2D eigenvalue weighted by Gasteiger charge is -2.14. The number of rotatable bonds is 9. The number of unbranched alkanes of at least 4 members (excludes halogenated alkanes) is 1. The molecule has 0 aliphatic heterocycles. The highest BCUT2D eigenvalue weighted by atomic mass is 16.5. The van der Waals surface area contributed by atoms with Crippen LogP contribution in [-0.2, 0) is 4.74 Å². The van der Waals surface area contributed by atoms with Crippen LogP contribution >= 0.6 is 0 Å². The summed E-state index contributed by atoms with van der Waals surface area (Å²) in [5.41, 5.74) is 6.40. The quantitative estimate of drug-likeness (QED) is 0.579. The van der Waals surface area contributed by atoms with Gasteiger partial charge in [0.1, 0.15) is 0 Å². The Labute approximate surface area is 88.5 Å². The van der Waals surface area contributed by atoms with Gasteiger partial charge >= 0.3 is 0 Å². The molecule has 84 valence electrons. The molecule has 2 nitrogen and oxygen atoms in total. The van der Waals surface area contributed by atoms with E-state index in [0.29, 0.717) is 19.1 Å². The van der Waals surface area contributed by atoms with Crippen molar-refractivity contribution in [1.29, 1.82) is 0 Å². The van der Waals surface area contributed by atoms with E-state index in [2.05, 4.69) is 20.4 Å². The second-order valence-electron chi connectivity index (χ2n) is 3.89. The average molecular weight is 199 g/mol. The van der Waals surface area contributed by atoms with Crippen LogP contribution in [0, 0.1) is 5.92 Å². The standard InChI is InChI=1S/C12H25NO/c1-4-6-7-12(5-2)10-14-9-11(3)8-13/h12H,3-10,13H2,1-2H3. The molecule has 0 heterocycles. The zero-order valence-corrected chi connectivity index (χ0v) is 9.72. The van der Waals surface area contributed by atoms with Gasteiger partial charge in [0.25, 0.3) is 0 Å². The largest absolute Gasteiger partial charge is 0.377 e. The molecule has 0 aromatic rings. The lowest BCUT2D eigenvalue weighted by molar-refractivity contribution is 0.111. The van der Waals surface area contributed by atoms with E-state index >= 15 is 0 Å². The molecule has 0 aromatic carbocycles. The monoisotopic (exact) mass is 199 g/mol. The second-order valence-corrected chi connectivity index (χ2v) is 3.89. The summed E-state index contributed by atoms with van der Waals surface area (Å²) in [7, 11) is 0. The van der Waals surface area contributed by atoms with Gasteiger partial charge < -0.3 is 10.5 Å². The maximum atomic E-state index is 5.56. The first-order valence-corrected chi connectivity index (χ1v) is 5.69. The third-order valence-electron chi connectivity index (χ3n) is 2.49. The highest BCUT2D eigenvalue weighted by molar-refractivity contribution is 4.95. The summed E-state index contributed by atoms with van der Waals surface area (Å²) in [6.45, 7) is 10.3. The Morgan fingerprint density at radius 3 is 2.64 bits per heavy atom. The first-order valence-electron chi connectivity index (χ1n) is 5.69. The predicted octanol–water partition coefficient (Wildman–Crippen LogP) is 2.73. The first-order chi connectivity index (χ1) is 6.74. The minimum Gasteiger partial charge on any atom is -0.377 e. The van der Waals surface area contributed by atoms with Crippen molar-refractivity contribution in [2.45, 2.75) is 39.5 Å². The van der Waals surface area contributed by atoms with E-state index in [1.807, 2.05) is 0 Å². The SMILES string of the molecule is C=C(CN)COCC(CC)CCCC. The van der Waals surface area contributed by atoms with Gasteiger partial charge in [0.15, 0.2) is 0 Å². The van der Waals surface area contributed by atoms with Crippen LogP contribution in [0.3, 0.4) is 0 Å². The molecule has 1 unspecified atom stereocenters. The van der Waals surface area contributed by atoms with E-state index < -0.39 is 0 Å². The summed E-state index contributed by atoms with van der Waals surface area (Å²) in [5, 5.41) is 0. The molecule has 0 aliphatic carbocycles. The van der Waals surface area contributed by atoms with Gasteiger partial charge in [-0.05, 0) is 17.9 Å². The molecule has 0 saturated heterocycles. The van der Waals surface area contributed by atoms with Crippen LogP contribution in [0.5, 0.6) is 0 Å². The van der Waals surface area contributed by atoms with E-state index in [-0.39, 0.29) is 0 Å². The van der Waals surface area contributed by atoms with Crippen LogP contribution in [0.25, 0.3) is 0 Å². The molecule has 14 heavy (non-hydrogen) atoms. The van der Waals surface area contributed by atoms with Crippen molar-refractivity contribution in [2.24, 2.45) is 11.7 Å². The van der Waals surface area contributed by atoms with Crippen LogP contribution < -0.4 is 5.73 Å². The van der Waals surface area contributed by atoms with Crippen LogP contribution in [0.1, 0.15) is 39.5 Å². The maximum Gasteiger partial charge on any atom is 0.0686 e. The fourth-order valence-corrected chi connectivity index (χ4v) is 1.33. The highest BCUT2D eigenvalue weighted by Crippen LogP contribution is 2.12. The second kappa shape index (κ2) is 9.22. The molecular weight excluding hydrogens is 174 g/mol. The summed E-state index contributed by atoms with van der Waals surface area (Å²) in [6.07, 6.45) is 5.06. The maximum absolute atomic E-state index is 5.56. The van der Waals surface area contributed by atoms with Crippen LogP contribution in [0.15, 0.2) is 12.2 Å². The van der Waals surface area contributed by atoms with Gasteiger partial charge in [0.2, 0.25) is 0 Å². The molecule has 0 amide bonds.